The van der Waals surface area contributed by atoms with Gasteiger partial charge in [0.15, 0.2) is 0 Å². The third-order valence-corrected chi connectivity index (χ3v) is 3.91. The summed E-state index contributed by atoms with van der Waals surface area (Å²) < 4.78 is 12.9. The zero-order valence-corrected chi connectivity index (χ0v) is 13.9. The van der Waals surface area contributed by atoms with Crippen molar-refractivity contribution in [1.82, 2.24) is 5.32 Å². The van der Waals surface area contributed by atoms with Gasteiger partial charge in [0, 0.05) is 23.8 Å². The van der Waals surface area contributed by atoms with Gasteiger partial charge in [0.1, 0.15) is 5.82 Å². The van der Waals surface area contributed by atoms with Crippen molar-refractivity contribution in [2.24, 2.45) is 0 Å². The van der Waals surface area contributed by atoms with E-state index in [0.29, 0.717) is 24.2 Å². The predicted molar refractivity (Wildman–Crippen MR) is 93.5 cm³/mol. The van der Waals surface area contributed by atoms with Crippen LogP contribution in [-0.2, 0) is 0 Å². The Hall–Kier alpha value is -2.24. The van der Waals surface area contributed by atoms with E-state index in [4.69, 9.17) is 0 Å². The molecule has 2 unspecified atom stereocenters. The number of benzene rings is 2. The van der Waals surface area contributed by atoms with Crippen molar-refractivity contribution in [1.29, 1.82) is 0 Å². The lowest BCUT2D eigenvalue weighted by Gasteiger charge is -2.17. The second kappa shape index (κ2) is 8.57. The molecule has 2 aromatic carbocycles. The van der Waals surface area contributed by atoms with Gasteiger partial charge in [-0.25, -0.2) is 4.39 Å². The Labute approximate surface area is 141 Å². The maximum atomic E-state index is 12.9. The number of rotatable bonds is 7. The molecule has 0 aromatic heterocycles. The summed E-state index contributed by atoms with van der Waals surface area (Å²) in [4.78, 5) is 12.1. The molecule has 0 spiro atoms. The Morgan fingerprint density at radius 2 is 1.75 bits per heavy atom. The fraction of sp³-hybridized carbons (Fsp3) is 0.316. The number of anilines is 1. The van der Waals surface area contributed by atoms with Gasteiger partial charge in [-0.15, -0.1) is 0 Å². The van der Waals surface area contributed by atoms with Crippen LogP contribution in [0.15, 0.2) is 48.5 Å². The lowest BCUT2D eigenvalue weighted by atomic mass is 10.1. The largest absolute Gasteiger partial charge is 0.392 e. The molecule has 24 heavy (non-hydrogen) atoms. The van der Waals surface area contributed by atoms with Gasteiger partial charge < -0.3 is 15.7 Å². The SMILES string of the molecule is CCC(O)CNC(C)c1ccc(NC(=O)c2ccc(F)cc2)cc1. The van der Waals surface area contributed by atoms with Crippen LogP contribution in [0.4, 0.5) is 10.1 Å². The van der Waals surface area contributed by atoms with Crippen molar-refractivity contribution in [2.75, 3.05) is 11.9 Å². The van der Waals surface area contributed by atoms with Gasteiger partial charge in [-0.1, -0.05) is 19.1 Å². The Morgan fingerprint density at radius 3 is 2.33 bits per heavy atom. The van der Waals surface area contributed by atoms with Gasteiger partial charge in [-0.05, 0) is 55.3 Å². The number of aliphatic hydroxyl groups is 1. The van der Waals surface area contributed by atoms with Gasteiger partial charge in [0.2, 0.25) is 0 Å². The van der Waals surface area contributed by atoms with Crippen LogP contribution in [0.2, 0.25) is 0 Å². The van der Waals surface area contributed by atoms with Gasteiger partial charge in [-0.3, -0.25) is 4.79 Å². The molecule has 0 aliphatic heterocycles. The minimum Gasteiger partial charge on any atom is -0.392 e. The number of nitrogens with one attached hydrogen (secondary N) is 2. The minimum atomic E-state index is -0.370. The first-order valence-electron chi connectivity index (χ1n) is 8.08. The highest BCUT2D eigenvalue weighted by Crippen LogP contribution is 2.17. The number of halogens is 1. The summed E-state index contributed by atoms with van der Waals surface area (Å²) >= 11 is 0. The smallest absolute Gasteiger partial charge is 0.255 e. The molecule has 0 radical (unpaired) electrons. The number of hydrogen-bond acceptors (Lipinski definition) is 3. The van der Waals surface area contributed by atoms with E-state index in [9.17, 15) is 14.3 Å². The number of aliphatic hydroxyl groups excluding tert-OH is 1. The Kier molecular flexibility index (Phi) is 6.46. The monoisotopic (exact) mass is 330 g/mol. The minimum absolute atomic E-state index is 0.105. The Bertz CT molecular complexity index is 656. The standard InChI is InChI=1S/C19H23FN2O2/c1-3-18(23)12-21-13(2)14-6-10-17(11-7-14)22-19(24)15-4-8-16(20)9-5-15/h4-11,13,18,21,23H,3,12H2,1-2H3,(H,22,24). The molecule has 0 heterocycles. The van der Waals surface area contributed by atoms with Crippen LogP contribution in [-0.4, -0.2) is 23.7 Å². The van der Waals surface area contributed by atoms with Gasteiger partial charge in [0.25, 0.3) is 5.91 Å². The van der Waals surface area contributed by atoms with Crippen LogP contribution in [0.25, 0.3) is 0 Å². The van der Waals surface area contributed by atoms with Crippen molar-refractivity contribution in [3.63, 3.8) is 0 Å². The molecule has 2 rings (SSSR count). The number of hydrogen-bond donors (Lipinski definition) is 3. The van der Waals surface area contributed by atoms with Crippen molar-refractivity contribution in [3.05, 3.63) is 65.5 Å². The van der Waals surface area contributed by atoms with Crippen LogP contribution in [0.3, 0.4) is 0 Å². The lowest BCUT2D eigenvalue weighted by Crippen LogP contribution is -2.28. The summed E-state index contributed by atoms with van der Waals surface area (Å²) in [5.74, 6) is -0.648. The van der Waals surface area contributed by atoms with E-state index in [1.807, 2.05) is 38.1 Å². The molecular weight excluding hydrogens is 307 g/mol. The maximum absolute atomic E-state index is 12.9. The van der Waals surface area contributed by atoms with E-state index in [2.05, 4.69) is 10.6 Å². The van der Waals surface area contributed by atoms with E-state index in [-0.39, 0.29) is 23.9 Å². The third kappa shape index (κ3) is 5.15. The van der Waals surface area contributed by atoms with Crippen LogP contribution >= 0.6 is 0 Å². The van der Waals surface area contributed by atoms with Crippen molar-refractivity contribution in [3.8, 4) is 0 Å². The summed E-state index contributed by atoms with van der Waals surface area (Å²) in [6, 6.07) is 13.0. The van der Waals surface area contributed by atoms with Gasteiger partial charge >= 0.3 is 0 Å². The third-order valence-electron chi connectivity index (χ3n) is 3.91. The molecule has 0 fully saturated rings. The first kappa shape index (κ1) is 18.1. The van der Waals surface area contributed by atoms with E-state index >= 15 is 0 Å². The fourth-order valence-corrected chi connectivity index (χ4v) is 2.23. The van der Waals surface area contributed by atoms with Crippen LogP contribution in [0.5, 0.6) is 0 Å². The van der Waals surface area contributed by atoms with Crippen molar-refractivity contribution >= 4 is 11.6 Å². The lowest BCUT2D eigenvalue weighted by molar-refractivity contribution is 0.102. The molecule has 128 valence electrons. The zero-order valence-electron chi connectivity index (χ0n) is 13.9. The van der Waals surface area contributed by atoms with Crippen LogP contribution < -0.4 is 10.6 Å². The zero-order chi connectivity index (χ0) is 17.5. The summed E-state index contributed by atoms with van der Waals surface area (Å²) in [6.07, 6.45) is 0.371. The fourth-order valence-electron chi connectivity index (χ4n) is 2.23. The molecule has 2 aromatic rings. The highest BCUT2D eigenvalue weighted by Gasteiger charge is 2.09. The summed E-state index contributed by atoms with van der Waals surface area (Å²) in [7, 11) is 0. The maximum Gasteiger partial charge on any atom is 0.255 e. The topological polar surface area (TPSA) is 61.4 Å². The molecule has 5 heteroatoms. The van der Waals surface area contributed by atoms with Crippen molar-refractivity contribution in [2.45, 2.75) is 32.4 Å². The van der Waals surface area contributed by atoms with Crippen LogP contribution in [0.1, 0.15) is 42.2 Å². The molecule has 0 aliphatic carbocycles. The second-order valence-electron chi connectivity index (χ2n) is 5.78. The normalized spacial score (nSPS) is 13.3. The molecule has 4 nitrogen and oxygen atoms in total. The summed E-state index contributed by atoms with van der Waals surface area (Å²) in [6.45, 7) is 4.50. The average molecular weight is 330 g/mol. The summed E-state index contributed by atoms with van der Waals surface area (Å²) in [5, 5.41) is 15.6. The predicted octanol–water partition coefficient (Wildman–Crippen LogP) is 3.50. The molecule has 2 atom stereocenters. The quantitative estimate of drug-likeness (QED) is 0.728. The Balaban J connectivity index is 1.94. The second-order valence-corrected chi connectivity index (χ2v) is 5.78. The van der Waals surface area contributed by atoms with E-state index in [1.54, 1.807) is 0 Å². The highest BCUT2D eigenvalue weighted by atomic mass is 19.1. The molecular formula is C19H23FN2O2. The molecule has 0 saturated carbocycles. The summed E-state index contributed by atoms with van der Waals surface area (Å²) in [5.41, 5.74) is 2.15. The Morgan fingerprint density at radius 1 is 1.12 bits per heavy atom. The molecule has 0 aliphatic rings. The van der Waals surface area contributed by atoms with Gasteiger partial charge in [0.05, 0.1) is 6.10 Å². The average Bonchev–Trinajstić information content (AvgIpc) is 2.60. The van der Waals surface area contributed by atoms with Crippen molar-refractivity contribution < 1.29 is 14.3 Å². The van der Waals surface area contributed by atoms with E-state index < -0.39 is 0 Å². The number of amides is 1. The molecule has 1 amide bonds. The van der Waals surface area contributed by atoms with Crippen LogP contribution in [0, 0.1) is 5.82 Å². The van der Waals surface area contributed by atoms with Gasteiger partial charge in [-0.2, -0.15) is 0 Å². The molecule has 0 saturated heterocycles. The highest BCUT2D eigenvalue weighted by molar-refractivity contribution is 6.04. The first-order valence-corrected chi connectivity index (χ1v) is 8.08. The molecule has 0 bridgehead atoms. The van der Waals surface area contributed by atoms with E-state index in [0.717, 1.165) is 5.56 Å². The molecule has 3 N–H and O–H groups in total. The van der Waals surface area contributed by atoms with E-state index in [1.165, 1.54) is 24.3 Å². The number of carbonyl (C=O) groups excluding carboxylic acids is 1. The number of carbonyl (C=O) groups is 1. The first-order chi connectivity index (χ1) is 11.5.